The molecule has 0 heterocycles. The summed E-state index contributed by atoms with van der Waals surface area (Å²) in [5, 5.41) is 12.5. The average Bonchev–Trinajstić information content (AvgIpc) is 2.62. The molecule has 1 N–H and O–H groups in total. The van der Waals surface area contributed by atoms with Crippen LogP contribution in [0, 0.1) is 25.2 Å². The zero-order chi connectivity index (χ0) is 19.1. The number of anilines is 1. The van der Waals surface area contributed by atoms with E-state index >= 15 is 0 Å². The van der Waals surface area contributed by atoms with Gasteiger partial charge < -0.3 is 10.1 Å². The Morgan fingerprint density at radius 1 is 1.31 bits per heavy atom. The largest absolute Gasteiger partial charge is 0.488 e. The molecule has 0 fully saturated rings. The zero-order valence-corrected chi connectivity index (χ0v) is 15.4. The van der Waals surface area contributed by atoms with Crippen LogP contribution in [0.4, 0.5) is 5.69 Å². The van der Waals surface area contributed by atoms with E-state index in [0.717, 1.165) is 11.1 Å². The van der Waals surface area contributed by atoms with Crippen molar-refractivity contribution in [3.63, 3.8) is 0 Å². The molecule has 0 saturated heterocycles. The van der Waals surface area contributed by atoms with E-state index in [9.17, 15) is 10.1 Å². The molecule has 0 spiro atoms. The minimum Gasteiger partial charge on any atom is -0.488 e. The standard InChI is InChI=1S/C21H19ClN2O2/c1-4-9-26-20-8-7-16(12-18(20)22)11-17(13-23)21(25)24-19-10-14(2)5-6-15(19)3/h4-8,10-12H,1,9H2,2-3H3,(H,24,25)/b17-11+. The fourth-order valence-electron chi connectivity index (χ4n) is 2.25. The molecule has 0 aliphatic rings. The molecule has 132 valence electrons. The molecule has 0 unspecified atom stereocenters. The first-order chi connectivity index (χ1) is 12.4. The molecule has 0 aliphatic heterocycles. The Kier molecular flexibility index (Phi) is 6.60. The highest BCUT2D eigenvalue weighted by molar-refractivity contribution is 6.32. The fourth-order valence-corrected chi connectivity index (χ4v) is 2.49. The normalized spacial score (nSPS) is 10.8. The molecule has 2 rings (SSSR count). The van der Waals surface area contributed by atoms with Crippen molar-refractivity contribution in [1.29, 1.82) is 5.26 Å². The molecule has 0 aliphatic carbocycles. The maximum atomic E-state index is 12.4. The molecular formula is C21H19ClN2O2. The number of nitrogens with one attached hydrogen (secondary N) is 1. The number of rotatable bonds is 6. The number of carbonyl (C=O) groups is 1. The number of nitrogens with zero attached hydrogens (tertiary/aromatic N) is 1. The van der Waals surface area contributed by atoms with Gasteiger partial charge in [0.1, 0.15) is 24.0 Å². The third kappa shape index (κ3) is 4.98. The van der Waals surface area contributed by atoms with Gasteiger partial charge in [-0.2, -0.15) is 5.26 Å². The minimum absolute atomic E-state index is 0.0123. The molecule has 4 nitrogen and oxygen atoms in total. The second kappa shape index (κ2) is 8.89. The Labute approximate surface area is 158 Å². The third-order valence-corrected chi connectivity index (χ3v) is 3.93. The number of amides is 1. The summed E-state index contributed by atoms with van der Waals surface area (Å²) in [6, 6.07) is 12.7. The van der Waals surface area contributed by atoms with Crippen molar-refractivity contribution in [2.45, 2.75) is 13.8 Å². The van der Waals surface area contributed by atoms with E-state index in [1.54, 1.807) is 24.3 Å². The van der Waals surface area contributed by atoms with Gasteiger partial charge in [0, 0.05) is 5.69 Å². The maximum absolute atomic E-state index is 12.4. The Morgan fingerprint density at radius 2 is 2.08 bits per heavy atom. The molecule has 0 bridgehead atoms. The Morgan fingerprint density at radius 3 is 2.73 bits per heavy atom. The van der Waals surface area contributed by atoms with Gasteiger partial charge in [-0.15, -0.1) is 0 Å². The van der Waals surface area contributed by atoms with Crippen molar-refractivity contribution in [3.05, 3.63) is 76.3 Å². The number of ether oxygens (including phenoxy) is 1. The second-order valence-corrected chi connectivity index (χ2v) is 6.14. The van der Waals surface area contributed by atoms with Crippen molar-refractivity contribution >= 4 is 29.3 Å². The first kappa shape index (κ1) is 19.3. The number of hydrogen-bond acceptors (Lipinski definition) is 3. The summed E-state index contributed by atoms with van der Waals surface area (Å²) in [6.07, 6.45) is 3.11. The Hall–Kier alpha value is -3.03. The van der Waals surface area contributed by atoms with Crippen LogP contribution in [0.3, 0.4) is 0 Å². The summed E-state index contributed by atoms with van der Waals surface area (Å²) in [6.45, 7) is 7.76. The zero-order valence-electron chi connectivity index (χ0n) is 14.7. The van der Waals surface area contributed by atoms with E-state index in [1.165, 1.54) is 6.08 Å². The lowest BCUT2D eigenvalue weighted by Gasteiger charge is -2.09. The lowest BCUT2D eigenvalue weighted by Crippen LogP contribution is -2.14. The molecule has 0 saturated carbocycles. The van der Waals surface area contributed by atoms with Crippen LogP contribution < -0.4 is 10.1 Å². The predicted octanol–water partition coefficient (Wildman–Crippen LogP) is 5.07. The monoisotopic (exact) mass is 366 g/mol. The van der Waals surface area contributed by atoms with Crippen molar-refractivity contribution in [2.24, 2.45) is 0 Å². The van der Waals surface area contributed by atoms with E-state index in [0.29, 0.717) is 28.6 Å². The lowest BCUT2D eigenvalue weighted by molar-refractivity contribution is -0.112. The van der Waals surface area contributed by atoms with Crippen molar-refractivity contribution in [2.75, 3.05) is 11.9 Å². The molecule has 1 amide bonds. The highest BCUT2D eigenvalue weighted by atomic mass is 35.5. The van der Waals surface area contributed by atoms with Gasteiger partial charge in [0.2, 0.25) is 0 Å². The van der Waals surface area contributed by atoms with E-state index in [4.69, 9.17) is 16.3 Å². The van der Waals surface area contributed by atoms with Gasteiger partial charge >= 0.3 is 0 Å². The van der Waals surface area contributed by atoms with Crippen molar-refractivity contribution in [3.8, 4) is 11.8 Å². The summed E-state index contributed by atoms with van der Waals surface area (Å²) in [7, 11) is 0. The van der Waals surface area contributed by atoms with E-state index in [1.807, 2.05) is 38.1 Å². The smallest absolute Gasteiger partial charge is 0.266 e. The van der Waals surface area contributed by atoms with Gasteiger partial charge in [0.15, 0.2) is 0 Å². The highest BCUT2D eigenvalue weighted by Gasteiger charge is 2.12. The SMILES string of the molecule is C=CCOc1ccc(/C=C(\C#N)C(=O)Nc2cc(C)ccc2C)cc1Cl. The number of benzene rings is 2. The van der Waals surface area contributed by atoms with Gasteiger partial charge in [-0.25, -0.2) is 0 Å². The molecule has 2 aromatic carbocycles. The summed E-state index contributed by atoms with van der Waals surface area (Å²) < 4.78 is 5.41. The van der Waals surface area contributed by atoms with E-state index in [-0.39, 0.29) is 5.57 Å². The van der Waals surface area contributed by atoms with Gasteiger partial charge in [-0.3, -0.25) is 4.79 Å². The van der Waals surface area contributed by atoms with E-state index < -0.39 is 5.91 Å². The van der Waals surface area contributed by atoms with Crippen LogP contribution in [0.2, 0.25) is 5.02 Å². The van der Waals surface area contributed by atoms with Crippen LogP contribution in [0.25, 0.3) is 6.08 Å². The van der Waals surface area contributed by atoms with Crippen LogP contribution in [0.1, 0.15) is 16.7 Å². The van der Waals surface area contributed by atoms with Crippen molar-refractivity contribution in [1.82, 2.24) is 0 Å². The first-order valence-corrected chi connectivity index (χ1v) is 8.36. The van der Waals surface area contributed by atoms with Crippen LogP contribution in [0.5, 0.6) is 5.75 Å². The van der Waals surface area contributed by atoms with Gasteiger partial charge in [-0.05, 0) is 54.8 Å². The van der Waals surface area contributed by atoms with Crippen LogP contribution in [-0.2, 0) is 4.79 Å². The number of halogens is 1. The molecule has 2 aromatic rings. The number of carbonyl (C=O) groups excluding carboxylic acids is 1. The van der Waals surface area contributed by atoms with Gasteiger partial charge in [-0.1, -0.05) is 42.5 Å². The summed E-state index contributed by atoms with van der Waals surface area (Å²) in [5.41, 5.74) is 3.25. The summed E-state index contributed by atoms with van der Waals surface area (Å²) in [5.74, 6) is 0.0476. The quantitative estimate of drug-likeness (QED) is 0.441. The van der Waals surface area contributed by atoms with Crippen LogP contribution in [0.15, 0.2) is 54.6 Å². The molecule has 5 heteroatoms. The fraction of sp³-hybridized carbons (Fsp3) is 0.143. The molecule has 26 heavy (non-hydrogen) atoms. The summed E-state index contributed by atoms with van der Waals surface area (Å²) >= 11 is 6.17. The molecule has 0 atom stereocenters. The lowest BCUT2D eigenvalue weighted by atomic mass is 10.1. The van der Waals surface area contributed by atoms with Gasteiger partial charge in [0.05, 0.1) is 5.02 Å². The average molecular weight is 367 g/mol. The second-order valence-electron chi connectivity index (χ2n) is 5.73. The van der Waals surface area contributed by atoms with Crippen LogP contribution >= 0.6 is 11.6 Å². The molecule has 0 radical (unpaired) electrons. The predicted molar refractivity (Wildman–Crippen MR) is 105 cm³/mol. The number of hydrogen-bond donors (Lipinski definition) is 1. The van der Waals surface area contributed by atoms with Crippen LogP contribution in [-0.4, -0.2) is 12.5 Å². The summed E-state index contributed by atoms with van der Waals surface area (Å²) in [4.78, 5) is 12.4. The molecule has 0 aromatic heterocycles. The number of aryl methyl sites for hydroxylation is 2. The topological polar surface area (TPSA) is 62.1 Å². The number of nitriles is 1. The first-order valence-electron chi connectivity index (χ1n) is 7.98. The third-order valence-electron chi connectivity index (χ3n) is 3.63. The minimum atomic E-state index is -0.468. The van der Waals surface area contributed by atoms with Gasteiger partial charge in [0.25, 0.3) is 5.91 Å². The highest BCUT2D eigenvalue weighted by Crippen LogP contribution is 2.26. The maximum Gasteiger partial charge on any atom is 0.266 e. The Balaban J connectivity index is 2.23. The van der Waals surface area contributed by atoms with Crippen molar-refractivity contribution < 1.29 is 9.53 Å². The Bertz CT molecular complexity index is 911. The van der Waals surface area contributed by atoms with E-state index in [2.05, 4.69) is 11.9 Å². The molecular weight excluding hydrogens is 348 g/mol.